The largest absolute Gasteiger partial charge is 0.368 e. The number of nitrogens with one attached hydrogen (secondary N) is 1. The highest BCUT2D eigenvalue weighted by atomic mass is 35.5. The van der Waals surface area contributed by atoms with Crippen molar-refractivity contribution < 1.29 is 9.59 Å². The van der Waals surface area contributed by atoms with Gasteiger partial charge in [0.15, 0.2) is 0 Å². The molecular formula is C19H21ClN4O2. The lowest BCUT2D eigenvalue weighted by molar-refractivity contribution is 0.0999. The number of carbonyl (C=O) groups excluding carboxylic acids is 2. The summed E-state index contributed by atoms with van der Waals surface area (Å²) in [6.07, 6.45) is 0. The van der Waals surface area contributed by atoms with E-state index in [1.54, 1.807) is 30.0 Å². The van der Waals surface area contributed by atoms with E-state index in [1.165, 1.54) is 0 Å². The number of aryl methyl sites for hydroxylation is 1. The average molecular weight is 373 g/mol. The van der Waals surface area contributed by atoms with E-state index in [9.17, 15) is 9.59 Å². The van der Waals surface area contributed by atoms with Crippen molar-refractivity contribution in [3.05, 3.63) is 58.6 Å². The number of benzene rings is 2. The Kier molecular flexibility index (Phi) is 5.32. The minimum Gasteiger partial charge on any atom is -0.368 e. The Morgan fingerprint density at radius 2 is 1.81 bits per heavy atom. The fraction of sp³-hybridized carbons (Fsp3) is 0.263. The van der Waals surface area contributed by atoms with Crippen LogP contribution >= 0.6 is 11.6 Å². The smallest absolute Gasteiger partial charge is 0.321 e. The first-order chi connectivity index (χ1) is 12.4. The normalized spacial score (nSPS) is 14.2. The number of primary amides is 1. The molecule has 1 aliphatic rings. The molecule has 2 aromatic rings. The zero-order valence-corrected chi connectivity index (χ0v) is 15.3. The van der Waals surface area contributed by atoms with Gasteiger partial charge in [-0.25, -0.2) is 4.79 Å². The molecule has 0 saturated carbocycles. The summed E-state index contributed by atoms with van der Waals surface area (Å²) in [5.41, 5.74) is 8.21. The van der Waals surface area contributed by atoms with Gasteiger partial charge in [-0.1, -0.05) is 17.7 Å². The number of hydrogen-bond donors (Lipinski definition) is 2. The summed E-state index contributed by atoms with van der Waals surface area (Å²) in [6.45, 7) is 4.52. The molecule has 1 aliphatic heterocycles. The highest BCUT2D eigenvalue weighted by molar-refractivity contribution is 6.30. The number of halogens is 1. The van der Waals surface area contributed by atoms with Crippen LogP contribution in [0.15, 0.2) is 42.5 Å². The van der Waals surface area contributed by atoms with Crippen LogP contribution in [0.1, 0.15) is 15.9 Å². The molecule has 6 nitrogen and oxygen atoms in total. The minimum atomic E-state index is -0.475. The molecule has 1 saturated heterocycles. The number of anilines is 2. The first-order valence-corrected chi connectivity index (χ1v) is 8.79. The number of rotatable bonds is 3. The number of urea groups is 1. The molecule has 0 bridgehead atoms. The number of amides is 3. The number of nitrogens with zero attached hydrogens (tertiary/aromatic N) is 2. The zero-order valence-electron chi connectivity index (χ0n) is 14.5. The Bertz CT molecular complexity index is 832. The van der Waals surface area contributed by atoms with Crippen LogP contribution in [-0.4, -0.2) is 43.0 Å². The maximum atomic E-state index is 12.5. The van der Waals surface area contributed by atoms with E-state index in [-0.39, 0.29) is 6.03 Å². The Morgan fingerprint density at radius 3 is 2.42 bits per heavy atom. The molecule has 0 spiro atoms. The van der Waals surface area contributed by atoms with Crippen molar-refractivity contribution in [3.8, 4) is 0 Å². The second-order valence-electron chi connectivity index (χ2n) is 6.28. The first-order valence-electron chi connectivity index (χ1n) is 8.41. The Hall–Kier alpha value is -2.73. The van der Waals surface area contributed by atoms with Crippen LogP contribution in [0, 0.1) is 6.92 Å². The van der Waals surface area contributed by atoms with Gasteiger partial charge in [0.25, 0.3) is 0 Å². The SMILES string of the molecule is Cc1cc(NC(=O)N2CCN(c3cccc(Cl)c3)CC2)ccc1C(N)=O. The minimum absolute atomic E-state index is 0.151. The zero-order chi connectivity index (χ0) is 18.7. The van der Waals surface area contributed by atoms with E-state index in [0.29, 0.717) is 29.4 Å². The van der Waals surface area contributed by atoms with Gasteiger partial charge < -0.3 is 20.9 Å². The summed E-state index contributed by atoms with van der Waals surface area (Å²) in [4.78, 5) is 27.7. The summed E-state index contributed by atoms with van der Waals surface area (Å²) in [7, 11) is 0. The number of carbonyl (C=O) groups is 2. The molecule has 0 aliphatic carbocycles. The van der Waals surface area contributed by atoms with E-state index in [1.807, 2.05) is 24.3 Å². The van der Waals surface area contributed by atoms with Crippen LogP contribution in [-0.2, 0) is 0 Å². The Morgan fingerprint density at radius 1 is 1.08 bits per heavy atom. The second-order valence-corrected chi connectivity index (χ2v) is 6.71. The van der Waals surface area contributed by atoms with Crippen molar-refractivity contribution in [2.75, 3.05) is 36.4 Å². The molecule has 7 heteroatoms. The number of piperazine rings is 1. The standard InChI is InChI=1S/C19H21ClN4O2/c1-13-11-15(5-6-17(13)18(21)25)22-19(26)24-9-7-23(8-10-24)16-4-2-3-14(20)12-16/h2-6,11-12H,7-10H2,1H3,(H2,21,25)(H,22,26). The van der Waals surface area contributed by atoms with Gasteiger partial charge in [0.2, 0.25) is 5.91 Å². The van der Waals surface area contributed by atoms with Crippen molar-refractivity contribution in [3.63, 3.8) is 0 Å². The molecule has 1 fully saturated rings. The van der Waals surface area contributed by atoms with E-state index in [0.717, 1.165) is 24.3 Å². The van der Waals surface area contributed by atoms with Crippen LogP contribution in [0.2, 0.25) is 5.02 Å². The molecule has 26 heavy (non-hydrogen) atoms. The molecule has 3 rings (SSSR count). The van der Waals surface area contributed by atoms with Gasteiger partial charge in [-0.3, -0.25) is 4.79 Å². The Labute approximate surface area is 157 Å². The van der Waals surface area contributed by atoms with Gasteiger partial charge in [-0.2, -0.15) is 0 Å². The first kappa shape index (κ1) is 18.1. The van der Waals surface area contributed by atoms with Gasteiger partial charge in [0, 0.05) is 48.1 Å². The lowest BCUT2D eigenvalue weighted by Crippen LogP contribution is -2.50. The van der Waals surface area contributed by atoms with Gasteiger partial charge >= 0.3 is 6.03 Å². The van der Waals surface area contributed by atoms with Gasteiger partial charge in [-0.15, -0.1) is 0 Å². The number of nitrogens with two attached hydrogens (primary N) is 1. The molecule has 0 unspecified atom stereocenters. The average Bonchev–Trinajstić information content (AvgIpc) is 2.61. The fourth-order valence-corrected chi connectivity index (χ4v) is 3.25. The van der Waals surface area contributed by atoms with Crippen LogP contribution in [0.3, 0.4) is 0 Å². The van der Waals surface area contributed by atoms with Crippen LogP contribution in [0.4, 0.5) is 16.2 Å². The van der Waals surface area contributed by atoms with Crippen LogP contribution < -0.4 is 16.0 Å². The van der Waals surface area contributed by atoms with Gasteiger partial charge in [0.1, 0.15) is 0 Å². The van der Waals surface area contributed by atoms with Gasteiger partial charge in [-0.05, 0) is 48.9 Å². The van der Waals surface area contributed by atoms with E-state index in [4.69, 9.17) is 17.3 Å². The molecule has 0 atom stereocenters. The van der Waals surface area contributed by atoms with E-state index >= 15 is 0 Å². The second kappa shape index (κ2) is 7.66. The lowest BCUT2D eigenvalue weighted by Gasteiger charge is -2.36. The molecule has 3 amide bonds. The summed E-state index contributed by atoms with van der Waals surface area (Å²) >= 11 is 6.05. The van der Waals surface area contributed by atoms with Crippen molar-refractivity contribution >= 4 is 34.9 Å². The summed E-state index contributed by atoms with van der Waals surface area (Å²) in [5, 5.41) is 3.58. The highest BCUT2D eigenvalue weighted by Crippen LogP contribution is 2.21. The maximum absolute atomic E-state index is 12.5. The number of hydrogen-bond acceptors (Lipinski definition) is 3. The van der Waals surface area contributed by atoms with Crippen molar-refractivity contribution in [2.24, 2.45) is 5.73 Å². The summed E-state index contributed by atoms with van der Waals surface area (Å²) < 4.78 is 0. The Balaban J connectivity index is 1.58. The summed E-state index contributed by atoms with van der Waals surface area (Å²) in [6, 6.07) is 12.6. The lowest BCUT2D eigenvalue weighted by atomic mass is 10.1. The van der Waals surface area contributed by atoms with Crippen LogP contribution in [0.25, 0.3) is 0 Å². The van der Waals surface area contributed by atoms with Crippen molar-refractivity contribution in [1.29, 1.82) is 0 Å². The van der Waals surface area contributed by atoms with E-state index in [2.05, 4.69) is 10.2 Å². The molecule has 136 valence electrons. The monoisotopic (exact) mass is 372 g/mol. The predicted octanol–water partition coefficient (Wildman–Crippen LogP) is 3.10. The van der Waals surface area contributed by atoms with Crippen molar-refractivity contribution in [1.82, 2.24) is 4.90 Å². The quantitative estimate of drug-likeness (QED) is 0.868. The molecular weight excluding hydrogens is 352 g/mol. The van der Waals surface area contributed by atoms with Crippen molar-refractivity contribution in [2.45, 2.75) is 6.92 Å². The maximum Gasteiger partial charge on any atom is 0.321 e. The summed E-state index contributed by atoms with van der Waals surface area (Å²) in [5.74, 6) is -0.475. The predicted molar refractivity (Wildman–Crippen MR) is 104 cm³/mol. The molecule has 2 aromatic carbocycles. The third-order valence-electron chi connectivity index (χ3n) is 4.48. The molecule has 0 radical (unpaired) electrons. The van der Waals surface area contributed by atoms with Crippen LogP contribution in [0.5, 0.6) is 0 Å². The fourth-order valence-electron chi connectivity index (χ4n) is 3.06. The third kappa shape index (κ3) is 4.08. The highest BCUT2D eigenvalue weighted by Gasteiger charge is 2.21. The van der Waals surface area contributed by atoms with E-state index < -0.39 is 5.91 Å². The van der Waals surface area contributed by atoms with Gasteiger partial charge in [0.05, 0.1) is 0 Å². The third-order valence-corrected chi connectivity index (χ3v) is 4.72. The molecule has 1 heterocycles. The molecule has 3 N–H and O–H groups in total. The topological polar surface area (TPSA) is 78.7 Å². The molecule has 0 aromatic heterocycles.